The summed E-state index contributed by atoms with van der Waals surface area (Å²) in [5, 5.41) is 0. The van der Waals surface area contributed by atoms with Crippen LogP contribution in [0.5, 0.6) is 0 Å². The summed E-state index contributed by atoms with van der Waals surface area (Å²) in [5.41, 5.74) is 4.95. The van der Waals surface area contributed by atoms with Crippen LogP contribution in [0.25, 0.3) is 0 Å². The Kier molecular flexibility index (Phi) is 2.26. The average molecular weight is 292 g/mol. The molecule has 1 heterocycles. The smallest absolute Gasteiger partial charge is 0.266 e. The van der Waals surface area contributed by atoms with Crippen molar-refractivity contribution in [3.8, 4) is 0 Å². The SMILES string of the molecule is N[C@]12CC(CC1(F)F)[C@@H](N1C(=O)c3ccccc3C1=O)C2. The van der Waals surface area contributed by atoms with Gasteiger partial charge in [0.05, 0.1) is 16.7 Å². The van der Waals surface area contributed by atoms with Gasteiger partial charge in [0.1, 0.15) is 0 Å². The molecule has 2 aliphatic carbocycles. The highest BCUT2D eigenvalue weighted by molar-refractivity contribution is 6.21. The summed E-state index contributed by atoms with van der Waals surface area (Å²) in [6.45, 7) is 0. The Morgan fingerprint density at radius 2 is 1.62 bits per heavy atom. The zero-order valence-corrected chi connectivity index (χ0v) is 11.2. The minimum Gasteiger partial charge on any atom is -0.320 e. The largest absolute Gasteiger partial charge is 0.320 e. The van der Waals surface area contributed by atoms with Crippen LogP contribution in [0, 0.1) is 5.92 Å². The molecule has 0 radical (unpaired) electrons. The minimum atomic E-state index is -2.91. The predicted molar refractivity (Wildman–Crippen MR) is 69.9 cm³/mol. The molecule has 2 fully saturated rings. The molecule has 1 unspecified atom stereocenters. The molecular weight excluding hydrogens is 278 g/mol. The fraction of sp³-hybridized carbons (Fsp3) is 0.467. The van der Waals surface area contributed by atoms with Gasteiger partial charge in [0.25, 0.3) is 17.7 Å². The average Bonchev–Trinajstić information content (AvgIpc) is 2.96. The first-order chi connectivity index (χ1) is 9.84. The molecule has 3 aliphatic rings. The Morgan fingerprint density at radius 3 is 2.05 bits per heavy atom. The third-order valence-electron chi connectivity index (χ3n) is 5.15. The van der Waals surface area contributed by atoms with E-state index in [0.717, 1.165) is 4.90 Å². The van der Waals surface area contributed by atoms with Crippen molar-refractivity contribution in [2.24, 2.45) is 11.7 Å². The van der Waals surface area contributed by atoms with Crippen LogP contribution in [-0.2, 0) is 0 Å². The highest BCUT2D eigenvalue weighted by Crippen LogP contribution is 2.57. The Bertz CT molecular complexity index is 638. The van der Waals surface area contributed by atoms with Gasteiger partial charge in [-0.3, -0.25) is 14.5 Å². The summed E-state index contributed by atoms with van der Waals surface area (Å²) in [6.07, 6.45) is -0.199. The molecule has 2 N–H and O–H groups in total. The van der Waals surface area contributed by atoms with E-state index in [-0.39, 0.29) is 31.1 Å². The quantitative estimate of drug-likeness (QED) is 0.803. The van der Waals surface area contributed by atoms with Gasteiger partial charge >= 0.3 is 0 Å². The molecule has 1 aromatic carbocycles. The lowest BCUT2D eigenvalue weighted by Crippen LogP contribution is -2.56. The highest BCUT2D eigenvalue weighted by Gasteiger charge is 2.67. The van der Waals surface area contributed by atoms with Gasteiger partial charge in [0, 0.05) is 12.5 Å². The molecule has 1 aromatic rings. The van der Waals surface area contributed by atoms with Gasteiger partial charge in [0.2, 0.25) is 0 Å². The summed E-state index contributed by atoms with van der Waals surface area (Å²) in [4.78, 5) is 26.0. The monoisotopic (exact) mass is 292 g/mol. The third kappa shape index (κ3) is 1.46. The summed E-state index contributed by atoms with van der Waals surface area (Å²) in [6, 6.07) is 6.05. The van der Waals surface area contributed by atoms with Gasteiger partial charge < -0.3 is 5.73 Å². The molecule has 3 atom stereocenters. The van der Waals surface area contributed by atoms with E-state index in [1.54, 1.807) is 24.3 Å². The molecule has 4 nitrogen and oxygen atoms in total. The third-order valence-corrected chi connectivity index (χ3v) is 5.15. The first-order valence-electron chi connectivity index (χ1n) is 6.98. The van der Waals surface area contributed by atoms with Crippen LogP contribution in [0.3, 0.4) is 0 Å². The Balaban J connectivity index is 1.69. The molecule has 2 saturated carbocycles. The molecule has 21 heavy (non-hydrogen) atoms. The van der Waals surface area contributed by atoms with Crippen molar-refractivity contribution in [2.75, 3.05) is 0 Å². The minimum absolute atomic E-state index is 0.0177. The maximum atomic E-state index is 13.8. The van der Waals surface area contributed by atoms with E-state index in [9.17, 15) is 18.4 Å². The van der Waals surface area contributed by atoms with Gasteiger partial charge in [-0.2, -0.15) is 0 Å². The number of nitrogens with two attached hydrogens (primary N) is 1. The Labute approximate surface area is 119 Å². The number of rotatable bonds is 1. The van der Waals surface area contributed by atoms with E-state index in [2.05, 4.69) is 0 Å². The topological polar surface area (TPSA) is 63.4 Å². The number of amides is 2. The van der Waals surface area contributed by atoms with Crippen LogP contribution < -0.4 is 5.73 Å². The number of carbonyl (C=O) groups excluding carboxylic acids is 2. The van der Waals surface area contributed by atoms with Gasteiger partial charge in [0.15, 0.2) is 0 Å². The molecule has 4 rings (SSSR count). The van der Waals surface area contributed by atoms with Gasteiger partial charge in [-0.25, -0.2) is 8.78 Å². The number of hydrogen-bond acceptors (Lipinski definition) is 3. The highest BCUT2D eigenvalue weighted by atomic mass is 19.3. The molecule has 0 spiro atoms. The van der Waals surface area contributed by atoms with Crippen LogP contribution in [0.2, 0.25) is 0 Å². The molecular formula is C15H14F2N2O2. The fourth-order valence-electron chi connectivity index (χ4n) is 4.08. The van der Waals surface area contributed by atoms with Crippen molar-refractivity contribution < 1.29 is 18.4 Å². The van der Waals surface area contributed by atoms with Crippen molar-refractivity contribution in [3.63, 3.8) is 0 Å². The number of alkyl halides is 2. The van der Waals surface area contributed by atoms with Gasteiger partial charge in [-0.1, -0.05) is 12.1 Å². The van der Waals surface area contributed by atoms with Crippen molar-refractivity contribution in [3.05, 3.63) is 35.4 Å². The van der Waals surface area contributed by atoms with E-state index in [4.69, 9.17) is 5.73 Å². The molecule has 1 aliphatic heterocycles. The number of nitrogens with zero attached hydrogens (tertiary/aromatic N) is 1. The number of benzene rings is 1. The maximum absolute atomic E-state index is 13.8. The van der Waals surface area contributed by atoms with Crippen LogP contribution in [0.1, 0.15) is 40.0 Å². The summed E-state index contributed by atoms with van der Waals surface area (Å²) in [5.74, 6) is -4.10. The molecule has 2 amide bonds. The van der Waals surface area contributed by atoms with Crippen LogP contribution in [0.15, 0.2) is 24.3 Å². The Hall–Kier alpha value is -1.82. The lowest BCUT2D eigenvalue weighted by Gasteiger charge is -2.37. The number of imide groups is 1. The second-order valence-corrected chi connectivity index (χ2v) is 6.33. The lowest BCUT2D eigenvalue weighted by atomic mass is 9.87. The number of fused-ring (bicyclic) bond motifs is 3. The van der Waals surface area contributed by atoms with Crippen LogP contribution >= 0.6 is 0 Å². The zero-order chi connectivity index (χ0) is 15.0. The van der Waals surface area contributed by atoms with Crippen molar-refractivity contribution >= 4 is 11.8 Å². The molecule has 110 valence electrons. The van der Waals surface area contributed by atoms with Crippen LogP contribution in [-0.4, -0.2) is 34.2 Å². The van der Waals surface area contributed by atoms with Crippen LogP contribution in [0.4, 0.5) is 8.78 Å². The zero-order valence-electron chi connectivity index (χ0n) is 11.2. The van der Waals surface area contributed by atoms with E-state index < -0.39 is 23.4 Å². The molecule has 0 aromatic heterocycles. The summed E-state index contributed by atoms with van der Waals surface area (Å²) < 4.78 is 27.7. The van der Waals surface area contributed by atoms with E-state index in [1.165, 1.54) is 0 Å². The van der Waals surface area contributed by atoms with Crippen molar-refractivity contribution in [1.82, 2.24) is 4.90 Å². The first kappa shape index (κ1) is 12.9. The number of halogens is 2. The lowest BCUT2D eigenvalue weighted by molar-refractivity contribution is -0.0765. The second kappa shape index (κ2) is 3.68. The summed E-state index contributed by atoms with van der Waals surface area (Å²) in [7, 11) is 0. The predicted octanol–water partition coefficient (Wildman–Crippen LogP) is 1.80. The fourth-order valence-corrected chi connectivity index (χ4v) is 4.08. The molecule has 2 bridgehead atoms. The number of carbonyl (C=O) groups is 2. The number of hydrogen-bond donors (Lipinski definition) is 1. The van der Waals surface area contributed by atoms with E-state index in [1.807, 2.05) is 0 Å². The van der Waals surface area contributed by atoms with Crippen molar-refractivity contribution in [2.45, 2.75) is 36.8 Å². The molecule has 6 heteroatoms. The Morgan fingerprint density at radius 1 is 1.05 bits per heavy atom. The van der Waals surface area contributed by atoms with Crippen molar-refractivity contribution in [1.29, 1.82) is 0 Å². The first-order valence-corrected chi connectivity index (χ1v) is 6.98. The maximum Gasteiger partial charge on any atom is 0.266 e. The normalized spacial score (nSPS) is 36.4. The van der Waals surface area contributed by atoms with E-state index >= 15 is 0 Å². The van der Waals surface area contributed by atoms with Gasteiger partial charge in [-0.05, 0) is 30.9 Å². The molecule has 0 saturated heterocycles. The van der Waals surface area contributed by atoms with E-state index in [0.29, 0.717) is 11.1 Å². The standard InChI is InChI=1S/C15H14F2N2O2/c16-15(17)6-8-5-14(15,18)7-11(8)19-12(20)9-3-1-2-4-10(9)13(19)21/h1-4,8,11H,5-7,18H2/t8?,11-,14-/m0/s1. The summed E-state index contributed by atoms with van der Waals surface area (Å²) >= 11 is 0. The second-order valence-electron chi connectivity index (χ2n) is 6.33. The van der Waals surface area contributed by atoms with Gasteiger partial charge in [-0.15, -0.1) is 0 Å².